The minimum absolute atomic E-state index is 0.0139. The quantitative estimate of drug-likeness (QED) is 0.601. The molecule has 0 spiro atoms. The SMILES string of the molecule is CCC(N(C)C(=O)CCl)[Si](C)(C)c1ccccc1. The van der Waals surface area contributed by atoms with Crippen molar-refractivity contribution in [2.45, 2.75) is 32.1 Å². The molecule has 0 saturated heterocycles. The Labute approximate surface area is 116 Å². The van der Waals surface area contributed by atoms with Crippen molar-refractivity contribution < 1.29 is 4.79 Å². The highest BCUT2D eigenvalue weighted by Crippen LogP contribution is 2.18. The van der Waals surface area contributed by atoms with E-state index in [0.29, 0.717) is 0 Å². The lowest BCUT2D eigenvalue weighted by Gasteiger charge is -2.38. The van der Waals surface area contributed by atoms with Gasteiger partial charge in [-0.25, -0.2) is 0 Å². The first-order valence-corrected chi connectivity index (χ1v) is 9.93. The van der Waals surface area contributed by atoms with Gasteiger partial charge in [0.25, 0.3) is 0 Å². The van der Waals surface area contributed by atoms with Gasteiger partial charge in [0.2, 0.25) is 5.91 Å². The first-order valence-electron chi connectivity index (χ1n) is 6.32. The van der Waals surface area contributed by atoms with E-state index in [1.807, 2.05) is 18.0 Å². The van der Waals surface area contributed by atoms with E-state index >= 15 is 0 Å². The Bertz CT molecular complexity index is 394. The van der Waals surface area contributed by atoms with Gasteiger partial charge >= 0.3 is 0 Å². The summed E-state index contributed by atoms with van der Waals surface area (Å²) in [7, 11) is 0.167. The molecule has 0 aliphatic rings. The van der Waals surface area contributed by atoms with Crippen LogP contribution in [0.2, 0.25) is 13.1 Å². The van der Waals surface area contributed by atoms with Gasteiger partial charge in [-0.3, -0.25) is 4.79 Å². The summed E-state index contributed by atoms with van der Waals surface area (Å²) < 4.78 is 0. The molecule has 0 fully saturated rings. The standard InChI is InChI=1S/C14H22ClNOSi/c1-5-14(16(2)13(17)11-15)18(3,4)12-9-7-6-8-10-12/h6-10,14H,5,11H2,1-4H3. The summed E-state index contributed by atoms with van der Waals surface area (Å²) in [6.45, 7) is 6.77. The minimum Gasteiger partial charge on any atom is -0.344 e. The van der Waals surface area contributed by atoms with Gasteiger partial charge < -0.3 is 4.90 Å². The van der Waals surface area contributed by atoms with E-state index in [9.17, 15) is 4.79 Å². The molecule has 18 heavy (non-hydrogen) atoms. The first kappa shape index (κ1) is 15.3. The summed E-state index contributed by atoms with van der Waals surface area (Å²) in [6, 6.07) is 10.5. The van der Waals surface area contributed by atoms with E-state index in [2.05, 4.69) is 44.3 Å². The molecule has 0 aliphatic heterocycles. The van der Waals surface area contributed by atoms with Crippen LogP contribution in [0.4, 0.5) is 0 Å². The van der Waals surface area contributed by atoms with Crippen LogP contribution in [0.15, 0.2) is 30.3 Å². The van der Waals surface area contributed by atoms with Crippen LogP contribution in [0.3, 0.4) is 0 Å². The van der Waals surface area contributed by atoms with Crippen molar-refractivity contribution in [3.8, 4) is 0 Å². The predicted octanol–water partition coefficient (Wildman–Crippen LogP) is 2.62. The molecule has 1 amide bonds. The molecule has 0 radical (unpaired) electrons. The van der Waals surface area contributed by atoms with E-state index in [0.717, 1.165) is 6.42 Å². The fraction of sp³-hybridized carbons (Fsp3) is 0.500. The lowest BCUT2D eigenvalue weighted by molar-refractivity contribution is -0.128. The zero-order chi connectivity index (χ0) is 13.8. The Morgan fingerprint density at radius 1 is 1.33 bits per heavy atom. The Balaban J connectivity index is 3.04. The van der Waals surface area contributed by atoms with Crippen LogP contribution in [-0.2, 0) is 4.79 Å². The number of nitrogens with zero attached hydrogens (tertiary/aromatic N) is 1. The molecule has 0 N–H and O–H groups in total. The van der Waals surface area contributed by atoms with Crippen molar-refractivity contribution in [1.82, 2.24) is 4.90 Å². The lowest BCUT2D eigenvalue weighted by Crippen LogP contribution is -2.60. The van der Waals surface area contributed by atoms with Crippen molar-refractivity contribution in [1.29, 1.82) is 0 Å². The second-order valence-corrected chi connectivity index (χ2v) is 10.1. The molecular weight excluding hydrogens is 262 g/mol. The highest BCUT2D eigenvalue weighted by molar-refractivity contribution is 6.91. The predicted molar refractivity (Wildman–Crippen MR) is 81.1 cm³/mol. The molecule has 1 unspecified atom stereocenters. The second kappa shape index (κ2) is 6.39. The number of carbonyl (C=O) groups is 1. The largest absolute Gasteiger partial charge is 0.344 e. The van der Waals surface area contributed by atoms with Crippen LogP contribution >= 0.6 is 11.6 Å². The van der Waals surface area contributed by atoms with Gasteiger partial charge in [-0.2, -0.15) is 0 Å². The molecule has 2 nitrogen and oxygen atoms in total. The summed E-state index contributed by atoms with van der Waals surface area (Å²) in [5.41, 5.74) is 0.283. The maximum atomic E-state index is 11.8. The molecule has 0 bridgehead atoms. The highest BCUT2D eigenvalue weighted by Gasteiger charge is 2.36. The summed E-state index contributed by atoms with van der Waals surface area (Å²) in [5, 5.41) is 1.38. The Morgan fingerprint density at radius 3 is 2.33 bits per heavy atom. The highest BCUT2D eigenvalue weighted by atomic mass is 35.5. The third-order valence-electron chi connectivity index (χ3n) is 3.71. The van der Waals surface area contributed by atoms with Crippen LogP contribution in [0.1, 0.15) is 13.3 Å². The maximum Gasteiger partial charge on any atom is 0.237 e. The van der Waals surface area contributed by atoms with E-state index in [4.69, 9.17) is 11.6 Å². The van der Waals surface area contributed by atoms with Crippen LogP contribution in [-0.4, -0.2) is 37.5 Å². The lowest BCUT2D eigenvalue weighted by atomic mass is 10.4. The zero-order valence-corrected chi connectivity index (χ0v) is 13.4. The van der Waals surface area contributed by atoms with E-state index in [1.165, 1.54) is 5.19 Å². The molecule has 0 heterocycles. The first-order chi connectivity index (χ1) is 8.45. The van der Waals surface area contributed by atoms with Crippen LogP contribution in [0.5, 0.6) is 0 Å². The smallest absolute Gasteiger partial charge is 0.237 e. The van der Waals surface area contributed by atoms with Gasteiger partial charge in [-0.15, -0.1) is 11.6 Å². The molecule has 0 aliphatic carbocycles. The topological polar surface area (TPSA) is 20.3 Å². The van der Waals surface area contributed by atoms with Crippen LogP contribution in [0.25, 0.3) is 0 Å². The van der Waals surface area contributed by atoms with E-state index in [1.54, 1.807) is 0 Å². The van der Waals surface area contributed by atoms with Gasteiger partial charge in [-0.05, 0) is 6.42 Å². The number of rotatable bonds is 5. The normalized spacial score (nSPS) is 13.2. The molecular formula is C14H22ClNOSi. The fourth-order valence-electron chi connectivity index (χ4n) is 2.60. The molecule has 1 atom stereocenters. The summed E-state index contributed by atoms with van der Waals surface area (Å²) in [4.78, 5) is 13.6. The molecule has 0 saturated carbocycles. The Morgan fingerprint density at radius 2 is 1.89 bits per heavy atom. The summed E-state index contributed by atoms with van der Waals surface area (Å²) in [6.07, 6.45) is 0.966. The van der Waals surface area contributed by atoms with Gasteiger partial charge in [0.1, 0.15) is 14.0 Å². The van der Waals surface area contributed by atoms with Crippen molar-refractivity contribution in [3.05, 3.63) is 30.3 Å². The molecule has 4 heteroatoms. The number of hydrogen-bond acceptors (Lipinski definition) is 1. The van der Waals surface area contributed by atoms with Gasteiger partial charge in [0, 0.05) is 12.7 Å². The van der Waals surface area contributed by atoms with E-state index < -0.39 is 8.07 Å². The van der Waals surface area contributed by atoms with Gasteiger partial charge in [-0.1, -0.05) is 55.5 Å². The molecule has 100 valence electrons. The Hall–Kier alpha value is -0.803. The number of benzene rings is 1. The average Bonchev–Trinajstić information content (AvgIpc) is 2.39. The summed E-state index contributed by atoms with van der Waals surface area (Å²) >= 11 is 5.67. The molecule has 1 aromatic carbocycles. The molecule has 1 rings (SSSR count). The van der Waals surface area contributed by atoms with Crippen LogP contribution < -0.4 is 5.19 Å². The second-order valence-electron chi connectivity index (χ2n) is 5.15. The van der Waals surface area contributed by atoms with Gasteiger partial charge in [0.05, 0.1) is 0 Å². The number of halogens is 1. The minimum atomic E-state index is -1.70. The third kappa shape index (κ3) is 3.15. The fourth-order valence-corrected chi connectivity index (χ4v) is 6.35. The average molecular weight is 284 g/mol. The maximum absolute atomic E-state index is 11.8. The molecule has 1 aromatic rings. The monoisotopic (exact) mass is 283 g/mol. The van der Waals surface area contributed by atoms with Crippen molar-refractivity contribution >= 4 is 30.8 Å². The van der Waals surface area contributed by atoms with Crippen molar-refractivity contribution in [2.24, 2.45) is 0 Å². The number of hydrogen-bond donors (Lipinski definition) is 0. The van der Waals surface area contributed by atoms with Crippen LogP contribution in [0, 0.1) is 0 Å². The number of alkyl halides is 1. The van der Waals surface area contributed by atoms with Gasteiger partial charge in [0.15, 0.2) is 0 Å². The van der Waals surface area contributed by atoms with Crippen molar-refractivity contribution in [3.63, 3.8) is 0 Å². The molecule has 0 aromatic heterocycles. The Kier molecular flexibility index (Phi) is 5.41. The number of amides is 1. The number of carbonyl (C=O) groups excluding carboxylic acids is 1. The van der Waals surface area contributed by atoms with E-state index in [-0.39, 0.29) is 17.5 Å². The third-order valence-corrected chi connectivity index (χ3v) is 8.22. The van der Waals surface area contributed by atoms with Crippen molar-refractivity contribution in [2.75, 3.05) is 12.9 Å². The summed E-state index contributed by atoms with van der Waals surface area (Å²) in [5.74, 6) is 0.0757. The zero-order valence-electron chi connectivity index (χ0n) is 11.6.